The first-order valence-corrected chi connectivity index (χ1v) is 5.46. The van der Waals surface area contributed by atoms with E-state index in [2.05, 4.69) is 22.2 Å². The number of carbonyl (C=O) groups is 2. The first-order chi connectivity index (χ1) is 8.95. The molecule has 0 heterocycles. The van der Waals surface area contributed by atoms with Gasteiger partial charge in [-0.15, -0.1) is 0 Å². The summed E-state index contributed by atoms with van der Waals surface area (Å²) in [5, 5.41) is 9.43. The number of hydrazine groups is 1. The number of ether oxygens (including phenoxy) is 1. The van der Waals surface area contributed by atoms with Gasteiger partial charge in [0, 0.05) is 0 Å². The van der Waals surface area contributed by atoms with E-state index in [9.17, 15) is 14.7 Å². The molecule has 0 bridgehead atoms. The summed E-state index contributed by atoms with van der Waals surface area (Å²) in [4.78, 5) is 22.1. The van der Waals surface area contributed by atoms with Gasteiger partial charge in [-0.1, -0.05) is 6.58 Å². The second-order valence-electron chi connectivity index (χ2n) is 3.55. The third kappa shape index (κ3) is 3.91. The predicted molar refractivity (Wildman–Crippen MR) is 69.0 cm³/mol. The van der Waals surface area contributed by atoms with Crippen LogP contribution in [0.3, 0.4) is 0 Å². The average molecular weight is 265 g/mol. The van der Waals surface area contributed by atoms with E-state index < -0.39 is 12.0 Å². The molecule has 1 rings (SSSR count). The molecular formula is C12H15N3O4. The smallest absolute Gasteiger partial charge is 0.425 e. The zero-order chi connectivity index (χ0) is 14.4. The normalized spacial score (nSPS) is 9.53. The number of aromatic hydroxyl groups is 1. The summed E-state index contributed by atoms with van der Waals surface area (Å²) in [6.07, 6.45) is -0.655. The van der Waals surface area contributed by atoms with Gasteiger partial charge in [-0.05, 0) is 30.7 Å². The van der Waals surface area contributed by atoms with Crippen molar-refractivity contribution in [2.24, 2.45) is 5.73 Å². The summed E-state index contributed by atoms with van der Waals surface area (Å²) in [7, 11) is 0. The van der Waals surface area contributed by atoms with Crippen molar-refractivity contribution in [3.63, 3.8) is 0 Å². The van der Waals surface area contributed by atoms with E-state index in [0.29, 0.717) is 11.3 Å². The molecule has 2 amide bonds. The lowest BCUT2D eigenvalue weighted by atomic mass is 10.1. The molecule has 1 aromatic carbocycles. The highest BCUT2D eigenvalue weighted by molar-refractivity contribution is 5.96. The summed E-state index contributed by atoms with van der Waals surface area (Å²) < 4.78 is 4.64. The molecule has 0 aromatic heterocycles. The highest BCUT2D eigenvalue weighted by atomic mass is 16.5. The first-order valence-electron chi connectivity index (χ1n) is 5.46. The van der Waals surface area contributed by atoms with Crippen molar-refractivity contribution in [2.45, 2.75) is 6.92 Å². The van der Waals surface area contributed by atoms with Gasteiger partial charge < -0.3 is 15.6 Å². The standard InChI is InChI=1S/C12H15N3O4/c1-3-19-12(18)15-14-7(2)8-4-5-10(16)9(6-8)11(13)17/h4-6,14,16H,2-3H2,1H3,(H2,13,17)(H,15,18). The second kappa shape index (κ2) is 6.29. The van der Waals surface area contributed by atoms with Crippen molar-refractivity contribution >= 4 is 17.7 Å². The molecule has 102 valence electrons. The molecule has 0 saturated carbocycles. The third-order valence-electron chi connectivity index (χ3n) is 2.20. The Balaban J connectivity index is 2.75. The van der Waals surface area contributed by atoms with E-state index in [1.54, 1.807) is 6.92 Å². The van der Waals surface area contributed by atoms with Gasteiger partial charge in [-0.25, -0.2) is 10.2 Å². The van der Waals surface area contributed by atoms with Crippen LogP contribution in [0.15, 0.2) is 24.8 Å². The van der Waals surface area contributed by atoms with Gasteiger partial charge in [-0.2, -0.15) is 0 Å². The monoisotopic (exact) mass is 265 g/mol. The Hall–Kier alpha value is -2.70. The maximum absolute atomic E-state index is 11.1. The van der Waals surface area contributed by atoms with Crippen molar-refractivity contribution in [2.75, 3.05) is 6.61 Å². The summed E-state index contributed by atoms with van der Waals surface area (Å²) in [6, 6.07) is 4.19. The fraction of sp³-hybridized carbons (Fsp3) is 0.167. The van der Waals surface area contributed by atoms with Crippen molar-refractivity contribution in [3.8, 4) is 5.75 Å². The Morgan fingerprint density at radius 1 is 1.42 bits per heavy atom. The van der Waals surface area contributed by atoms with Crippen LogP contribution in [-0.4, -0.2) is 23.7 Å². The Morgan fingerprint density at radius 2 is 2.11 bits per heavy atom. The van der Waals surface area contributed by atoms with Gasteiger partial charge in [0.25, 0.3) is 5.91 Å². The number of amides is 2. The van der Waals surface area contributed by atoms with Crippen LogP contribution in [-0.2, 0) is 4.74 Å². The summed E-state index contributed by atoms with van der Waals surface area (Å²) in [5.74, 6) is -0.979. The van der Waals surface area contributed by atoms with E-state index >= 15 is 0 Å². The molecule has 0 atom stereocenters. The molecule has 0 fully saturated rings. The summed E-state index contributed by atoms with van der Waals surface area (Å²) in [5.41, 5.74) is 10.7. The van der Waals surface area contributed by atoms with Crippen LogP contribution < -0.4 is 16.6 Å². The van der Waals surface area contributed by atoms with Crippen LogP contribution in [0, 0.1) is 0 Å². The zero-order valence-corrected chi connectivity index (χ0v) is 10.4. The molecule has 0 aliphatic carbocycles. The third-order valence-corrected chi connectivity index (χ3v) is 2.20. The highest BCUT2D eigenvalue weighted by Gasteiger charge is 2.10. The minimum Gasteiger partial charge on any atom is -0.507 e. The number of phenols is 1. The van der Waals surface area contributed by atoms with Crippen LogP contribution in [0.4, 0.5) is 4.79 Å². The Labute approximate surface area is 110 Å². The molecular weight excluding hydrogens is 250 g/mol. The molecule has 0 radical (unpaired) electrons. The molecule has 7 nitrogen and oxygen atoms in total. The topological polar surface area (TPSA) is 114 Å². The maximum Gasteiger partial charge on any atom is 0.425 e. The lowest BCUT2D eigenvalue weighted by Crippen LogP contribution is -2.36. The van der Waals surface area contributed by atoms with Crippen molar-refractivity contribution < 1.29 is 19.4 Å². The largest absolute Gasteiger partial charge is 0.507 e. The molecule has 0 unspecified atom stereocenters. The molecule has 7 heteroatoms. The van der Waals surface area contributed by atoms with Gasteiger partial charge in [0.2, 0.25) is 0 Å². The van der Waals surface area contributed by atoms with Gasteiger partial charge in [0.15, 0.2) is 0 Å². The van der Waals surface area contributed by atoms with Crippen LogP contribution >= 0.6 is 0 Å². The number of hydrogen-bond donors (Lipinski definition) is 4. The minimum atomic E-state index is -0.759. The van der Waals surface area contributed by atoms with Crippen molar-refractivity contribution in [1.82, 2.24) is 10.9 Å². The van der Waals surface area contributed by atoms with Crippen LogP contribution in [0.1, 0.15) is 22.8 Å². The molecule has 1 aromatic rings. The van der Waals surface area contributed by atoms with E-state index in [0.717, 1.165) is 0 Å². The van der Waals surface area contributed by atoms with Crippen LogP contribution in [0.2, 0.25) is 0 Å². The maximum atomic E-state index is 11.1. The quantitative estimate of drug-likeness (QED) is 0.585. The van der Waals surface area contributed by atoms with Gasteiger partial charge in [-0.3, -0.25) is 10.2 Å². The highest BCUT2D eigenvalue weighted by Crippen LogP contribution is 2.20. The lowest BCUT2D eigenvalue weighted by Gasteiger charge is -2.12. The van der Waals surface area contributed by atoms with E-state index in [1.807, 2.05) is 0 Å². The zero-order valence-electron chi connectivity index (χ0n) is 10.4. The number of benzene rings is 1. The molecule has 0 spiro atoms. The van der Waals surface area contributed by atoms with Crippen LogP contribution in [0.5, 0.6) is 5.75 Å². The SMILES string of the molecule is C=C(NNC(=O)OCC)c1ccc(O)c(C(N)=O)c1. The second-order valence-corrected chi connectivity index (χ2v) is 3.55. The molecule has 0 saturated heterocycles. The summed E-state index contributed by atoms with van der Waals surface area (Å²) >= 11 is 0. The lowest BCUT2D eigenvalue weighted by molar-refractivity contribution is 0.0997. The number of nitrogens with one attached hydrogen (secondary N) is 2. The fourth-order valence-corrected chi connectivity index (χ4v) is 1.29. The average Bonchev–Trinajstić information content (AvgIpc) is 2.36. The first kappa shape index (κ1) is 14.4. The van der Waals surface area contributed by atoms with Crippen LogP contribution in [0.25, 0.3) is 5.70 Å². The fourth-order valence-electron chi connectivity index (χ4n) is 1.29. The van der Waals surface area contributed by atoms with Gasteiger partial charge >= 0.3 is 6.09 Å². The molecule has 0 aliphatic rings. The van der Waals surface area contributed by atoms with Gasteiger partial charge in [0.05, 0.1) is 17.9 Å². The van der Waals surface area contributed by atoms with Crippen molar-refractivity contribution in [1.29, 1.82) is 0 Å². The number of nitrogens with two attached hydrogens (primary N) is 1. The summed E-state index contributed by atoms with van der Waals surface area (Å²) in [6.45, 7) is 5.59. The number of hydrogen-bond acceptors (Lipinski definition) is 5. The Kier molecular flexibility index (Phi) is 4.76. The molecule has 19 heavy (non-hydrogen) atoms. The van der Waals surface area contributed by atoms with E-state index in [1.165, 1.54) is 18.2 Å². The minimum absolute atomic E-state index is 0.0309. The molecule has 5 N–H and O–H groups in total. The van der Waals surface area contributed by atoms with Gasteiger partial charge in [0.1, 0.15) is 5.75 Å². The van der Waals surface area contributed by atoms with E-state index in [-0.39, 0.29) is 17.9 Å². The Morgan fingerprint density at radius 3 is 2.68 bits per heavy atom. The number of carbonyl (C=O) groups excluding carboxylic acids is 2. The molecule has 0 aliphatic heterocycles. The Bertz CT molecular complexity index is 514. The number of rotatable bonds is 5. The predicted octanol–water partition coefficient (Wildman–Crippen LogP) is 0.713. The van der Waals surface area contributed by atoms with E-state index in [4.69, 9.17) is 5.73 Å². The van der Waals surface area contributed by atoms with Crippen molar-refractivity contribution in [3.05, 3.63) is 35.9 Å². The number of primary amides is 1.